The molecule has 0 amide bonds. The Hall–Kier alpha value is -2.43. The van der Waals surface area contributed by atoms with Crippen molar-refractivity contribution in [2.45, 2.75) is 38.0 Å². The second kappa shape index (κ2) is 7.19. The second-order valence-corrected chi connectivity index (χ2v) is 9.47. The average Bonchev–Trinajstić information content (AvgIpc) is 3.15. The van der Waals surface area contributed by atoms with Crippen LogP contribution in [0.25, 0.3) is 0 Å². The number of rotatable bonds is 3. The van der Waals surface area contributed by atoms with Crippen molar-refractivity contribution in [1.82, 2.24) is 9.29 Å². The molecule has 7 heteroatoms. The molecular weight excluding hydrogens is 372 g/mol. The van der Waals surface area contributed by atoms with Crippen LogP contribution in [0.15, 0.2) is 29.2 Å². The van der Waals surface area contributed by atoms with Gasteiger partial charge in [-0.25, -0.2) is 8.42 Å². The Labute approximate surface area is 166 Å². The molecule has 2 heterocycles. The van der Waals surface area contributed by atoms with Gasteiger partial charge in [0.15, 0.2) is 0 Å². The van der Waals surface area contributed by atoms with E-state index in [1.807, 2.05) is 32.0 Å². The highest BCUT2D eigenvalue weighted by Gasteiger charge is 2.30. The minimum Gasteiger partial charge on any atom is -0.368 e. The van der Waals surface area contributed by atoms with Crippen LogP contribution in [0.5, 0.6) is 0 Å². The van der Waals surface area contributed by atoms with Gasteiger partial charge in [-0.2, -0.15) is 9.57 Å². The molecule has 1 aromatic heterocycles. The van der Waals surface area contributed by atoms with E-state index in [-0.39, 0.29) is 0 Å². The highest BCUT2D eigenvalue weighted by molar-refractivity contribution is 7.89. The lowest BCUT2D eigenvalue weighted by Gasteiger charge is -2.36. The number of hydrogen-bond donors (Lipinski definition) is 0. The molecule has 1 aliphatic carbocycles. The lowest BCUT2D eigenvalue weighted by atomic mass is 10.1. The first-order chi connectivity index (χ1) is 13.4. The maximum atomic E-state index is 13.1. The number of piperazine rings is 1. The fraction of sp³-hybridized carbons (Fsp3) is 0.429. The molecule has 0 spiro atoms. The minimum absolute atomic E-state index is 0.398. The quantitative estimate of drug-likeness (QED) is 0.797. The van der Waals surface area contributed by atoms with Crippen LogP contribution in [0.1, 0.15) is 34.5 Å². The fourth-order valence-electron chi connectivity index (χ4n) is 4.22. The number of aryl methyl sites for hydroxylation is 4. The van der Waals surface area contributed by atoms with Crippen LogP contribution in [0.4, 0.5) is 5.69 Å². The first kappa shape index (κ1) is 18.9. The van der Waals surface area contributed by atoms with Gasteiger partial charge in [-0.1, -0.05) is 6.07 Å². The Balaban J connectivity index is 1.54. The second-order valence-electron chi connectivity index (χ2n) is 7.53. The number of hydrogen-bond acceptors (Lipinski definition) is 5. The Morgan fingerprint density at radius 1 is 1.04 bits per heavy atom. The normalized spacial score (nSPS) is 17.4. The summed E-state index contributed by atoms with van der Waals surface area (Å²) in [7, 11) is -3.49. The summed E-state index contributed by atoms with van der Waals surface area (Å²) in [4.78, 5) is 6.86. The summed E-state index contributed by atoms with van der Waals surface area (Å²) >= 11 is 0. The van der Waals surface area contributed by atoms with Crippen molar-refractivity contribution < 1.29 is 8.42 Å². The van der Waals surface area contributed by atoms with Gasteiger partial charge in [0.25, 0.3) is 0 Å². The van der Waals surface area contributed by atoms with Crippen molar-refractivity contribution in [3.63, 3.8) is 0 Å². The number of fused-ring (bicyclic) bond motifs is 1. The van der Waals surface area contributed by atoms with Crippen molar-refractivity contribution in [1.29, 1.82) is 5.26 Å². The van der Waals surface area contributed by atoms with Crippen molar-refractivity contribution in [3.8, 4) is 6.07 Å². The van der Waals surface area contributed by atoms with Gasteiger partial charge in [0.1, 0.15) is 6.07 Å². The van der Waals surface area contributed by atoms with Gasteiger partial charge in [0, 0.05) is 31.9 Å². The van der Waals surface area contributed by atoms with Crippen LogP contribution in [0, 0.1) is 25.2 Å². The van der Waals surface area contributed by atoms with Gasteiger partial charge < -0.3 is 4.90 Å². The van der Waals surface area contributed by atoms with Crippen molar-refractivity contribution >= 4 is 15.7 Å². The number of nitrogens with zero attached hydrogens (tertiary/aromatic N) is 4. The topological polar surface area (TPSA) is 77.3 Å². The maximum Gasteiger partial charge on any atom is 0.243 e. The molecule has 1 fully saturated rings. The van der Waals surface area contributed by atoms with Crippen LogP contribution < -0.4 is 4.90 Å². The van der Waals surface area contributed by atoms with Crippen LogP contribution in [0.3, 0.4) is 0 Å². The van der Waals surface area contributed by atoms with E-state index >= 15 is 0 Å². The van der Waals surface area contributed by atoms with E-state index in [0.29, 0.717) is 42.3 Å². The summed E-state index contributed by atoms with van der Waals surface area (Å²) in [6.07, 6.45) is 3.11. The van der Waals surface area contributed by atoms with Gasteiger partial charge >= 0.3 is 0 Å². The number of benzene rings is 1. The van der Waals surface area contributed by atoms with Gasteiger partial charge in [-0.05, 0) is 62.4 Å². The molecule has 1 saturated heterocycles. The van der Waals surface area contributed by atoms with E-state index < -0.39 is 10.0 Å². The molecule has 1 aromatic carbocycles. The lowest BCUT2D eigenvalue weighted by Crippen LogP contribution is -2.49. The van der Waals surface area contributed by atoms with Crippen molar-refractivity contribution in [2.24, 2.45) is 0 Å². The molecule has 6 nitrogen and oxygen atoms in total. The van der Waals surface area contributed by atoms with Crippen LogP contribution in [-0.2, 0) is 22.9 Å². The minimum atomic E-state index is -3.49. The molecule has 2 aromatic rings. The standard InChI is InChI=1S/C21H24N4O2S/c1-15-12-21(20(14-22)16(2)23-15)24-8-10-25(11-9-24)28(26,27)19-7-6-17-4-3-5-18(17)13-19/h6-7,12-13H,3-5,8-11H2,1-2H3. The Kier molecular flexibility index (Phi) is 4.86. The van der Waals surface area contributed by atoms with Gasteiger partial charge in [0.2, 0.25) is 10.0 Å². The van der Waals surface area contributed by atoms with Gasteiger partial charge in [0.05, 0.1) is 21.8 Å². The smallest absolute Gasteiger partial charge is 0.243 e. The van der Waals surface area contributed by atoms with E-state index in [1.54, 1.807) is 10.4 Å². The van der Waals surface area contributed by atoms with E-state index in [0.717, 1.165) is 30.6 Å². The number of pyridine rings is 1. The maximum absolute atomic E-state index is 13.1. The molecule has 2 aliphatic rings. The average molecular weight is 397 g/mol. The van der Waals surface area contributed by atoms with Crippen LogP contribution >= 0.6 is 0 Å². The molecule has 1 aliphatic heterocycles. The zero-order valence-electron chi connectivity index (χ0n) is 16.3. The first-order valence-corrected chi connectivity index (χ1v) is 11.1. The highest BCUT2D eigenvalue weighted by atomic mass is 32.2. The molecule has 0 atom stereocenters. The Morgan fingerprint density at radius 2 is 1.75 bits per heavy atom. The summed E-state index contributed by atoms with van der Waals surface area (Å²) in [6, 6.07) is 9.72. The number of nitriles is 1. The van der Waals surface area contributed by atoms with E-state index in [4.69, 9.17) is 0 Å². The zero-order chi connectivity index (χ0) is 19.9. The molecule has 0 unspecified atom stereocenters. The third-order valence-corrected chi connectivity index (χ3v) is 7.60. The molecule has 0 radical (unpaired) electrons. The van der Waals surface area contributed by atoms with Gasteiger partial charge in [-0.15, -0.1) is 0 Å². The number of anilines is 1. The highest BCUT2D eigenvalue weighted by Crippen LogP contribution is 2.28. The third-order valence-electron chi connectivity index (χ3n) is 5.71. The van der Waals surface area contributed by atoms with E-state index in [9.17, 15) is 13.7 Å². The van der Waals surface area contributed by atoms with Crippen molar-refractivity contribution in [2.75, 3.05) is 31.1 Å². The van der Waals surface area contributed by atoms with Crippen molar-refractivity contribution in [3.05, 3.63) is 52.3 Å². The first-order valence-electron chi connectivity index (χ1n) is 9.65. The SMILES string of the molecule is Cc1cc(N2CCN(S(=O)(=O)c3ccc4c(c3)CCC4)CC2)c(C#N)c(C)n1. The van der Waals surface area contributed by atoms with Crippen LogP contribution in [-0.4, -0.2) is 43.9 Å². The zero-order valence-corrected chi connectivity index (χ0v) is 17.1. The predicted molar refractivity (Wildman–Crippen MR) is 108 cm³/mol. The van der Waals surface area contributed by atoms with Crippen LogP contribution in [0.2, 0.25) is 0 Å². The fourth-order valence-corrected chi connectivity index (χ4v) is 5.70. The molecule has 0 bridgehead atoms. The van der Waals surface area contributed by atoms with E-state index in [1.165, 1.54) is 11.1 Å². The molecular formula is C21H24N4O2S. The molecule has 0 saturated carbocycles. The molecule has 0 N–H and O–H groups in total. The predicted octanol–water partition coefficient (Wildman–Crippen LogP) is 2.57. The summed E-state index contributed by atoms with van der Waals surface area (Å²) < 4.78 is 27.8. The van der Waals surface area contributed by atoms with Gasteiger partial charge in [-0.3, -0.25) is 4.98 Å². The number of sulfonamides is 1. The summed E-state index contributed by atoms with van der Waals surface area (Å²) in [5.74, 6) is 0. The monoisotopic (exact) mass is 396 g/mol. The van der Waals surface area contributed by atoms with E-state index in [2.05, 4.69) is 16.0 Å². The Morgan fingerprint density at radius 3 is 2.46 bits per heavy atom. The summed E-state index contributed by atoms with van der Waals surface area (Å²) in [5, 5.41) is 9.50. The largest absolute Gasteiger partial charge is 0.368 e. The Bertz CT molecular complexity index is 1060. The number of aromatic nitrogens is 1. The summed E-state index contributed by atoms with van der Waals surface area (Å²) in [6.45, 7) is 5.68. The lowest BCUT2D eigenvalue weighted by molar-refractivity contribution is 0.384. The summed E-state index contributed by atoms with van der Waals surface area (Å²) in [5.41, 5.74) is 5.44. The third kappa shape index (κ3) is 3.27. The molecule has 146 valence electrons. The molecule has 28 heavy (non-hydrogen) atoms. The molecule has 4 rings (SSSR count).